The standard InChI is InChI=1S/C17H23ClFN/c18-16-7-3-6-13(17(16)19)10-14(11-20-15-8-9-15)12-4-1-2-5-12/h3,6-7,12,14-15,20H,1-2,4-5,8-11H2. The molecule has 0 spiro atoms. The monoisotopic (exact) mass is 295 g/mol. The van der Waals surface area contributed by atoms with Crippen molar-refractivity contribution in [2.45, 2.75) is 51.0 Å². The van der Waals surface area contributed by atoms with Crippen LogP contribution < -0.4 is 5.32 Å². The second-order valence-electron chi connectivity index (χ2n) is 6.40. The van der Waals surface area contributed by atoms with E-state index in [9.17, 15) is 4.39 Å². The molecule has 2 fully saturated rings. The van der Waals surface area contributed by atoms with E-state index in [2.05, 4.69) is 5.32 Å². The topological polar surface area (TPSA) is 12.0 Å². The van der Waals surface area contributed by atoms with Crippen LogP contribution >= 0.6 is 11.6 Å². The number of rotatable bonds is 6. The van der Waals surface area contributed by atoms with Crippen LogP contribution in [0.1, 0.15) is 44.1 Å². The molecule has 1 unspecified atom stereocenters. The Bertz CT molecular complexity index is 452. The molecule has 20 heavy (non-hydrogen) atoms. The predicted molar refractivity (Wildman–Crippen MR) is 81.6 cm³/mol. The molecule has 0 saturated heterocycles. The molecule has 0 radical (unpaired) electrons. The Morgan fingerprint density at radius 1 is 1.20 bits per heavy atom. The average Bonchev–Trinajstić information content (AvgIpc) is 3.11. The molecule has 0 aromatic heterocycles. The molecule has 2 aliphatic rings. The first kappa shape index (κ1) is 14.3. The van der Waals surface area contributed by atoms with Crippen molar-refractivity contribution in [3.63, 3.8) is 0 Å². The molecule has 110 valence electrons. The van der Waals surface area contributed by atoms with Crippen LogP contribution in [0.25, 0.3) is 0 Å². The highest BCUT2D eigenvalue weighted by molar-refractivity contribution is 6.30. The summed E-state index contributed by atoms with van der Waals surface area (Å²) in [7, 11) is 0. The van der Waals surface area contributed by atoms with E-state index in [0.717, 1.165) is 30.5 Å². The Kier molecular flexibility index (Phi) is 4.62. The van der Waals surface area contributed by atoms with E-state index in [0.29, 0.717) is 5.92 Å². The van der Waals surface area contributed by atoms with Gasteiger partial charge in [0.05, 0.1) is 5.02 Å². The van der Waals surface area contributed by atoms with Gasteiger partial charge in [-0.3, -0.25) is 0 Å². The van der Waals surface area contributed by atoms with Gasteiger partial charge in [0, 0.05) is 6.04 Å². The number of halogens is 2. The van der Waals surface area contributed by atoms with Gasteiger partial charge in [-0.2, -0.15) is 0 Å². The lowest BCUT2D eigenvalue weighted by Crippen LogP contribution is -2.30. The highest BCUT2D eigenvalue weighted by Gasteiger charge is 2.28. The van der Waals surface area contributed by atoms with Gasteiger partial charge in [0.25, 0.3) is 0 Å². The van der Waals surface area contributed by atoms with E-state index in [1.807, 2.05) is 12.1 Å². The first-order chi connectivity index (χ1) is 9.74. The number of nitrogens with one attached hydrogen (secondary N) is 1. The maximum absolute atomic E-state index is 14.1. The van der Waals surface area contributed by atoms with Crippen molar-refractivity contribution < 1.29 is 4.39 Å². The quantitative estimate of drug-likeness (QED) is 0.810. The van der Waals surface area contributed by atoms with Crippen LogP contribution in [0.2, 0.25) is 5.02 Å². The van der Waals surface area contributed by atoms with Crippen molar-refractivity contribution in [3.05, 3.63) is 34.6 Å². The summed E-state index contributed by atoms with van der Waals surface area (Å²) >= 11 is 5.90. The predicted octanol–water partition coefficient (Wildman–Crippen LogP) is 4.58. The van der Waals surface area contributed by atoms with E-state index in [1.165, 1.54) is 38.5 Å². The largest absolute Gasteiger partial charge is 0.314 e. The molecule has 2 saturated carbocycles. The molecule has 3 heteroatoms. The second-order valence-corrected chi connectivity index (χ2v) is 6.81. The maximum atomic E-state index is 14.1. The van der Waals surface area contributed by atoms with Crippen LogP contribution in [-0.4, -0.2) is 12.6 Å². The SMILES string of the molecule is Fc1c(Cl)cccc1CC(CNC1CC1)C1CCCC1. The zero-order valence-corrected chi connectivity index (χ0v) is 12.6. The van der Waals surface area contributed by atoms with E-state index in [1.54, 1.807) is 6.07 Å². The summed E-state index contributed by atoms with van der Waals surface area (Å²) in [5.74, 6) is 1.08. The number of hydrogen-bond donors (Lipinski definition) is 1. The molecule has 3 rings (SSSR count). The van der Waals surface area contributed by atoms with Gasteiger partial charge in [0.15, 0.2) is 0 Å². The van der Waals surface area contributed by atoms with E-state index < -0.39 is 0 Å². The summed E-state index contributed by atoms with van der Waals surface area (Å²) in [5.41, 5.74) is 0.784. The third kappa shape index (κ3) is 3.53. The lowest BCUT2D eigenvalue weighted by atomic mass is 9.85. The van der Waals surface area contributed by atoms with Gasteiger partial charge in [-0.05, 0) is 49.3 Å². The summed E-state index contributed by atoms with van der Waals surface area (Å²) in [5, 5.41) is 3.89. The minimum atomic E-state index is -0.219. The Hall–Kier alpha value is -0.600. The smallest absolute Gasteiger partial charge is 0.144 e. The van der Waals surface area contributed by atoms with Gasteiger partial charge in [-0.25, -0.2) is 4.39 Å². The van der Waals surface area contributed by atoms with Gasteiger partial charge < -0.3 is 5.32 Å². The molecular formula is C17H23ClFN. The van der Waals surface area contributed by atoms with Crippen LogP contribution in [0.3, 0.4) is 0 Å². The van der Waals surface area contributed by atoms with Crippen molar-refractivity contribution in [1.82, 2.24) is 5.32 Å². The van der Waals surface area contributed by atoms with E-state index in [4.69, 9.17) is 11.6 Å². The van der Waals surface area contributed by atoms with Crippen LogP contribution in [0.5, 0.6) is 0 Å². The zero-order chi connectivity index (χ0) is 13.9. The van der Waals surface area contributed by atoms with Gasteiger partial charge in [0.1, 0.15) is 5.82 Å². The van der Waals surface area contributed by atoms with Crippen molar-refractivity contribution in [3.8, 4) is 0 Å². The van der Waals surface area contributed by atoms with Crippen molar-refractivity contribution in [1.29, 1.82) is 0 Å². The molecule has 1 atom stereocenters. The lowest BCUT2D eigenvalue weighted by molar-refractivity contribution is 0.317. The van der Waals surface area contributed by atoms with E-state index in [-0.39, 0.29) is 10.8 Å². The highest BCUT2D eigenvalue weighted by atomic mass is 35.5. The third-order valence-corrected chi connectivity index (χ3v) is 5.12. The van der Waals surface area contributed by atoms with Crippen molar-refractivity contribution in [2.75, 3.05) is 6.54 Å². The van der Waals surface area contributed by atoms with Crippen LogP contribution in [0.4, 0.5) is 4.39 Å². The second kappa shape index (κ2) is 6.44. The molecule has 1 N–H and O–H groups in total. The maximum Gasteiger partial charge on any atom is 0.144 e. The Morgan fingerprint density at radius 2 is 1.95 bits per heavy atom. The molecule has 0 aliphatic heterocycles. The van der Waals surface area contributed by atoms with Gasteiger partial charge in [-0.15, -0.1) is 0 Å². The number of hydrogen-bond acceptors (Lipinski definition) is 1. The number of benzene rings is 1. The van der Waals surface area contributed by atoms with Crippen LogP contribution in [0, 0.1) is 17.7 Å². The zero-order valence-electron chi connectivity index (χ0n) is 11.9. The fourth-order valence-electron chi connectivity index (χ4n) is 3.43. The Morgan fingerprint density at radius 3 is 2.65 bits per heavy atom. The fraction of sp³-hybridized carbons (Fsp3) is 0.647. The lowest BCUT2D eigenvalue weighted by Gasteiger charge is -2.24. The summed E-state index contributed by atoms with van der Waals surface area (Å²) in [4.78, 5) is 0. The molecule has 2 aliphatic carbocycles. The summed E-state index contributed by atoms with van der Waals surface area (Å²) in [6.45, 7) is 1.03. The van der Waals surface area contributed by atoms with Gasteiger partial charge >= 0.3 is 0 Å². The molecular weight excluding hydrogens is 273 g/mol. The summed E-state index contributed by atoms with van der Waals surface area (Å²) in [6.07, 6.45) is 8.71. The molecule has 0 bridgehead atoms. The van der Waals surface area contributed by atoms with Crippen LogP contribution in [-0.2, 0) is 6.42 Å². The average molecular weight is 296 g/mol. The Balaban J connectivity index is 1.68. The molecule has 0 amide bonds. The molecule has 1 nitrogen and oxygen atoms in total. The van der Waals surface area contributed by atoms with Crippen LogP contribution in [0.15, 0.2) is 18.2 Å². The highest BCUT2D eigenvalue weighted by Crippen LogP contribution is 2.34. The Labute approximate surface area is 125 Å². The molecule has 1 aromatic rings. The van der Waals surface area contributed by atoms with Gasteiger partial charge in [-0.1, -0.05) is 49.4 Å². The first-order valence-electron chi connectivity index (χ1n) is 7.90. The first-order valence-corrected chi connectivity index (χ1v) is 8.28. The normalized spacial score (nSPS) is 21.3. The fourth-order valence-corrected chi connectivity index (χ4v) is 3.62. The molecule has 1 aromatic carbocycles. The summed E-state index contributed by atoms with van der Waals surface area (Å²) in [6, 6.07) is 6.11. The van der Waals surface area contributed by atoms with Crippen molar-refractivity contribution >= 4 is 11.6 Å². The minimum absolute atomic E-state index is 0.219. The molecule has 0 heterocycles. The van der Waals surface area contributed by atoms with Gasteiger partial charge in [0.2, 0.25) is 0 Å². The van der Waals surface area contributed by atoms with E-state index >= 15 is 0 Å². The van der Waals surface area contributed by atoms with Crippen molar-refractivity contribution in [2.24, 2.45) is 11.8 Å². The third-order valence-electron chi connectivity index (χ3n) is 4.83. The summed E-state index contributed by atoms with van der Waals surface area (Å²) < 4.78 is 14.1. The minimum Gasteiger partial charge on any atom is -0.314 e.